The third kappa shape index (κ3) is 5.11. The Morgan fingerprint density at radius 1 is 1.11 bits per heavy atom. The summed E-state index contributed by atoms with van der Waals surface area (Å²) in [7, 11) is 0. The van der Waals surface area contributed by atoms with Gasteiger partial charge in [-0.15, -0.1) is 0 Å². The summed E-state index contributed by atoms with van der Waals surface area (Å²) in [5.74, 6) is -3.05. The highest BCUT2D eigenvalue weighted by Gasteiger charge is 2.32. The van der Waals surface area contributed by atoms with E-state index in [1.165, 1.54) is 13.8 Å². The first-order valence-corrected chi connectivity index (χ1v) is 5.40. The highest BCUT2D eigenvalue weighted by molar-refractivity contribution is 6.02. The van der Waals surface area contributed by atoms with Crippen LogP contribution in [0.15, 0.2) is 0 Å². The zero-order valence-electron chi connectivity index (χ0n) is 10.2. The molecule has 0 saturated carbocycles. The third-order valence-electron chi connectivity index (χ3n) is 1.81. The van der Waals surface area contributed by atoms with Crippen LogP contribution in [0.2, 0.25) is 0 Å². The van der Waals surface area contributed by atoms with E-state index in [0.29, 0.717) is 0 Å². The fourth-order valence-corrected chi connectivity index (χ4v) is 0.987. The van der Waals surface area contributed by atoms with Gasteiger partial charge in [-0.05, 0) is 13.8 Å². The topological polar surface area (TPSA) is 122 Å². The molecule has 0 saturated heterocycles. The van der Waals surface area contributed by atoms with E-state index in [1.807, 2.05) is 5.32 Å². The Balaban J connectivity index is 4.71. The minimum absolute atomic E-state index is 0.0210. The smallest absolute Gasteiger partial charge is 0.340 e. The van der Waals surface area contributed by atoms with E-state index in [2.05, 4.69) is 9.47 Å². The molecule has 0 radical (unpaired) electrons. The van der Waals surface area contributed by atoms with Gasteiger partial charge in [-0.2, -0.15) is 0 Å². The number of carbonyl (C=O) groups excluding carboxylic acids is 3. The summed E-state index contributed by atoms with van der Waals surface area (Å²) in [4.78, 5) is 34.1. The average Bonchev–Trinajstić information content (AvgIpc) is 2.34. The van der Waals surface area contributed by atoms with Crippen molar-refractivity contribution in [2.24, 2.45) is 0 Å². The van der Waals surface area contributed by atoms with Crippen LogP contribution in [0.5, 0.6) is 0 Å². The van der Waals surface area contributed by atoms with Gasteiger partial charge in [0.1, 0.15) is 0 Å². The fraction of sp³-hybridized carbons (Fsp3) is 0.700. The van der Waals surface area contributed by atoms with Gasteiger partial charge in [0.05, 0.1) is 19.8 Å². The van der Waals surface area contributed by atoms with Crippen LogP contribution in [0.4, 0.5) is 0 Å². The molecule has 1 amide bonds. The van der Waals surface area contributed by atoms with Crippen LogP contribution in [0, 0.1) is 0 Å². The molecule has 0 heterocycles. The van der Waals surface area contributed by atoms with Crippen LogP contribution in [-0.4, -0.2) is 60.0 Å². The van der Waals surface area contributed by atoms with Crippen LogP contribution < -0.4 is 5.32 Å². The molecule has 8 heteroatoms. The highest BCUT2D eigenvalue weighted by atomic mass is 16.6. The van der Waals surface area contributed by atoms with E-state index in [9.17, 15) is 14.4 Å². The maximum Gasteiger partial charge on any atom is 0.340 e. The number of ether oxygens (including phenoxy) is 2. The summed E-state index contributed by atoms with van der Waals surface area (Å²) < 4.78 is 9.17. The first-order valence-electron chi connectivity index (χ1n) is 5.40. The Kier molecular flexibility index (Phi) is 7.64. The Hall–Kier alpha value is -1.67. The average molecular weight is 263 g/mol. The normalized spacial score (nSPS) is 11.8. The first kappa shape index (κ1) is 16.3. The number of carbonyl (C=O) groups is 3. The van der Waals surface area contributed by atoms with Gasteiger partial charge < -0.3 is 25.0 Å². The van der Waals surface area contributed by atoms with Crippen molar-refractivity contribution in [1.29, 1.82) is 0 Å². The zero-order chi connectivity index (χ0) is 14.1. The molecule has 0 aromatic heterocycles. The van der Waals surface area contributed by atoms with Crippen LogP contribution >= 0.6 is 0 Å². The fourth-order valence-electron chi connectivity index (χ4n) is 0.987. The molecule has 0 aliphatic rings. The van der Waals surface area contributed by atoms with Crippen LogP contribution in [0.1, 0.15) is 13.8 Å². The van der Waals surface area contributed by atoms with Gasteiger partial charge in [0.2, 0.25) is 6.04 Å². The number of hydrogen-bond donors (Lipinski definition) is 3. The van der Waals surface area contributed by atoms with Gasteiger partial charge in [-0.1, -0.05) is 0 Å². The van der Waals surface area contributed by atoms with Crippen LogP contribution in [0.25, 0.3) is 0 Å². The van der Waals surface area contributed by atoms with Crippen molar-refractivity contribution in [3.63, 3.8) is 0 Å². The van der Waals surface area contributed by atoms with Gasteiger partial charge in [-0.3, -0.25) is 4.79 Å². The molecule has 0 aliphatic heterocycles. The maximum absolute atomic E-state index is 11.4. The zero-order valence-corrected chi connectivity index (χ0v) is 10.2. The molecular weight excluding hydrogens is 246 g/mol. The van der Waals surface area contributed by atoms with E-state index < -0.39 is 36.6 Å². The van der Waals surface area contributed by atoms with Gasteiger partial charge in [0.15, 0.2) is 6.10 Å². The summed E-state index contributed by atoms with van der Waals surface area (Å²) in [5.41, 5.74) is 0. The van der Waals surface area contributed by atoms with Crippen molar-refractivity contribution in [3.8, 4) is 0 Å². The lowest BCUT2D eigenvalue weighted by atomic mass is 10.2. The lowest BCUT2D eigenvalue weighted by Gasteiger charge is -2.17. The number of hydrogen-bond acceptors (Lipinski definition) is 7. The summed E-state index contributed by atoms with van der Waals surface area (Å²) >= 11 is 0. The van der Waals surface area contributed by atoms with Crippen molar-refractivity contribution in [3.05, 3.63) is 0 Å². The highest BCUT2D eigenvalue weighted by Crippen LogP contribution is 1.96. The number of rotatable bonds is 7. The molecule has 8 nitrogen and oxygen atoms in total. The summed E-state index contributed by atoms with van der Waals surface area (Å²) in [6.45, 7) is 2.28. The lowest BCUT2D eigenvalue weighted by molar-refractivity contribution is -0.160. The Morgan fingerprint density at radius 2 is 1.56 bits per heavy atom. The molecular formula is C10H17NO7. The number of aliphatic hydroxyl groups is 2. The second kappa shape index (κ2) is 8.43. The van der Waals surface area contributed by atoms with E-state index >= 15 is 0 Å². The quantitative estimate of drug-likeness (QED) is 0.357. The number of esters is 2. The Morgan fingerprint density at radius 3 is 1.89 bits per heavy atom. The van der Waals surface area contributed by atoms with Crippen LogP contribution in [0.3, 0.4) is 0 Å². The molecule has 0 rings (SSSR count). The Labute approximate surface area is 104 Å². The van der Waals surface area contributed by atoms with Crippen molar-refractivity contribution in [2.75, 3.05) is 19.8 Å². The molecule has 3 N–H and O–H groups in total. The van der Waals surface area contributed by atoms with E-state index in [4.69, 9.17) is 10.2 Å². The minimum atomic E-state index is -1.73. The van der Waals surface area contributed by atoms with Crippen LogP contribution in [-0.2, 0) is 23.9 Å². The first-order chi connectivity index (χ1) is 8.47. The summed E-state index contributed by atoms with van der Waals surface area (Å²) in [6, 6.07) is -1.65. The predicted octanol–water partition coefficient (Wildman–Crippen LogP) is -2.05. The molecule has 1 atom stereocenters. The largest absolute Gasteiger partial charge is 0.464 e. The second-order valence-electron chi connectivity index (χ2n) is 3.14. The van der Waals surface area contributed by atoms with Crippen molar-refractivity contribution < 1.29 is 34.1 Å². The molecule has 1 unspecified atom stereocenters. The molecule has 0 aromatic rings. The molecule has 0 bridgehead atoms. The van der Waals surface area contributed by atoms with Crippen molar-refractivity contribution in [2.45, 2.75) is 26.0 Å². The summed E-state index contributed by atoms with van der Waals surface area (Å²) in [6.07, 6.45) is -1.73. The predicted molar refractivity (Wildman–Crippen MR) is 58.3 cm³/mol. The van der Waals surface area contributed by atoms with Gasteiger partial charge in [-0.25, -0.2) is 9.59 Å². The minimum Gasteiger partial charge on any atom is -0.464 e. The van der Waals surface area contributed by atoms with Gasteiger partial charge in [0.25, 0.3) is 5.91 Å². The molecule has 0 aromatic carbocycles. The number of nitrogens with one attached hydrogen (secondary N) is 1. The van der Waals surface area contributed by atoms with Crippen molar-refractivity contribution in [1.82, 2.24) is 5.32 Å². The molecule has 104 valence electrons. The van der Waals surface area contributed by atoms with Gasteiger partial charge in [0, 0.05) is 0 Å². The lowest BCUT2D eigenvalue weighted by Crippen LogP contribution is -2.51. The standard InChI is InChI=1S/C10H17NO7/c1-3-17-9(15)7(10(16)18-4-2)11-8(14)6(13)5-12/h6-7,12-13H,3-5H2,1-2H3,(H,11,14). The SMILES string of the molecule is CCOC(=O)C(NC(=O)C(O)CO)C(=O)OCC. The van der Waals surface area contributed by atoms with E-state index in [-0.39, 0.29) is 13.2 Å². The maximum atomic E-state index is 11.4. The summed E-state index contributed by atoms with van der Waals surface area (Å²) in [5, 5.41) is 19.5. The second-order valence-corrected chi connectivity index (χ2v) is 3.14. The third-order valence-corrected chi connectivity index (χ3v) is 1.81. The molecule has 0 aliphatic carbocycles. The number of amides is 1. The molecule has 0 fully saturated rings. The van der Waals surface area contributed by atoms with E-state index in [0.717, 1.165) is 0 Å². The molecule has 18 heavy (non-hydrogen) atoms. The monoisotopic (exact) mass is 263 g/mol. The Bertz CT molecular complexity index is 287. The van der Waals surface area contributed by atoms with E-state index in [1.54, 1.807) is 0 Å². The van der Waals surface area contributed by atoms with Gasteiger partial charge >= 0.3 is 11.9 Å². The van der Waals surface area contributed by atoms with Crippen molar-refractivity contribution >= 4 is 17.8 Å². The number of aliphatic hydroxyl groups excluding tert-OH is 2. The molecule has 0 spiro atoms.